The summed E-state index contributed by atoms with van der Waals surface area (Å²) in [5, 5.41) is 3.34. The van der Waals surface area contributed by atoms with Crippen LogP contribution in [0.15, 0.2) is 18.2 Å². The average Bonchev–Trinajstić information content (AvgIpc) is 3.03. The fraction of sp³-hybridized carbons (Fsp3) is 0.562. The molecule has 2 aliphatic rings. The molecule has 0 saturated carbocycles. The lowest BCUT2D eigenvalue weighted by atomic mass is 10.0. The Morgan fingerprint density at radius 2 is 2.25 bits per heavy atom. The Labute approximate surface area is 120 Å². The van der Waals surface area contributed by atoms with E-state index in [2.05, 4.69) is 37.4 Å². The Morgan fingerprint density at radius 3 is 2.95 bits per heavy atom. The second-order valence-electron chi connectivity index (χ2n) is 5.92. The third-order valence-corrected chi connectivity index (χ3v) is 4.28. The van der Waals surface area contributed by atoms with E-state index in [0.717, 1.165) is 26.2 Å². The van der Waals surface area contributed by atoms with Gasteiger partial charge in [0.25, 0.3) is 0 Å². The van der Waals surface area contributed by atoms with Crippen molar-refractivity contribution in [3.05, 3.63) is 34.9 Å². The van der Waals surface area contributed by atoms with Gasteiger partial charge in [-0.2, -0.15) is 0 Å². The number of ether oxygens (including phenoxy) is 1. The first kappa shape index (κ1) is 13.6. The molecule has 20 heavy (non-hydrogen) atoms. The molecule has 108 valence electrons. The third kappa shape index (κ3) is 2.58. The van der Waals surface area contributed by atoms with Gasteiger partial charge in [-0.3, -0.25) is 10.1 Å². The van der Waals surface area contributed by atoms with Crippen LogP contribution in [0.2, 0.25) is 0 Å². The predicted octanol–water partition coefficient (Wildman–Crippen LogP) is 1.77. The minimum atomic E-state index is 0.0173. The van der Waals surface area contributed by atoms with Crippen LogP contribution in [-0.2, 0) is 9.53 Å². The largest absolute Gasteiger partial charge is 0.381 e. The van der Waals surface area contributed by atoms with E-state index in [1.807, 2.05) is 4.90 Å². The molecule has 3 rings (SSSR count). The predicted molar refractivity (Wildman–Crippen MR) is 77.3 cm³/mol. The van der Waals surface area contributed by atoms with Crippen molar-refractivity contribution in [1.29, 1.82) is 0 Å². The molecule has 2 aliphatic heterocycles. The van der Waals surface area contributed by atoms with Crippen molar-refractivity contribution < 1.29 is 9.53 Å². The van der Waals surface area contributed by atoms with Gasteiger partial charge in [0.2, 0.25) is 5.91 Å². The fourth-order valence-electron chi connectivity index (χ4n) is 3.16. The Bertz CT molecular complexity index is 509. The van der Waals surface area contributed by atoms with Gasteiger partial charge in [-0.05, 0) is 31.4 Å². The summed E-state index contributed by atoms with van der Waals surface area (Å²) in [6.45, 7) is 7.05. The molecule has 2 unspecified atom stereocenters. The summed E-state index contributed by atoms with van der Waals surface area (Å²) in [7, 11) is 0. The van der Waals surface area contributed by atoms with Crippen molar-refractivity contribution in [3.8, 4) is 0 Å². The van der Waals surface area contributed by atoms with Crippen LogP contribution in [0.3, 0.4) is 0 Å². The molecule has 4 nitrogen and oxygen atoms in total. The molecular formula is C16H22N2O2. The van der Waals surface area contributed by atoms with Gasteiger partial charge in [0, 0.05) is 19.1 Å². The number of amides is 1. The van der Waals surface area contributed by atoms with Crippen LogP contribution in [0.25, 0.3) is 0 Å². The first-order valence-corrected chi connectivity index (χ1v) is 7.33. The summed E-state index contributed by atoms with van der Waals surface area (Å²) in [4.78, 5) is 14.1. The van der Waals surface area contributed by atoms with E-state index in [1.54, 1.807) is 0 Å². The molecule has 0 aliphatic carbocycles. The maximum atomic E-state index is 12.1. The topological polar surface area (TPSA) is 41.6 Å². The second kappa shape index (κ2) is 5.54. The highest BCUT2D eigenvalue weighted by atomic mass is 16.5. The van der Waals surface area contributed by atoms with Crippen molar-refractivity contribution in [2.24, 2.45) is 5.92 Å². The minimum Gasteiger partial charge on any atom is -0.381 e. The highest BCUT2D eigenvalue weighted by Crippen LogP contribution is 2.28. The number of carbonyl (C=O) groups is 1. The number of rotatable bonds is 3. The quantitative estimate of drug-likeness (QED) is 0.913. The maximum absolute atomic E-state index is 12.1. The lowest BCUT2D eigenvalue weighted by Crippen LogP contribution is -2.35. The summed E-state index contributed by atoms with van der Waals surface area (Å²) in [6.07, 6.45) is 1.08. The molecule has 1 aromatic rings. The Hall–Kier alpha value is -1.39. The third-order valence-electron chi connectivity index (χ3n) is 4.28. The van der Waals surface area contributed by atoms with Crippen molar-refractivity contribution in [2.45, 2.75) is 26.4 Å². The molecule has 0 aromatic heterocycles. The van der Waals surface area contributed by atoms with Crippen LogP contribution in [0, 0.1) is 19.8 Å². The molecule has 0 bridgehead atoms. The zero-order chi connectivity index (χ0) is 14.1. The lowest BCUT2D eigenvalue weighted by Gasteiger charge is -2.28. The van der Waals surface area contributed by atoms with E-state index in [0.29, 0.717) is 12.5 Å². The summed E-state index contributed by atoms with van der Waals surface area (Å²) in [5.41, 5.74) is 3.71. The minimum absolute atomic E-state index is 0.0173. The SMILES string of the molecule is Cc1ccc(C2NCC(=O)N2CC2CCOC2)c(C)c1. The van der Waals surface area contributed by atoms with Crippen LogP contribution in [0.1, 0.15) is 29.3 Å². The van der Waals surface area contributed by atoms with E-state index in [9.17, 15) is 4.79 Å². The summed E-state index contributed by atoms with van der Waals surface area (Å²) in [6, 6.07) is 6.43. The molecule has 1 N–H and O–H groups in total. The number of benzene rings is 1. The van der Waals surface area contributed by atoms with Gasteiger partial charge in [0.15, 0.2) is 0 Å². The normalized spacial score (nSPS) is 26.5. The molecule has 2 fully saturated rings. The standard InChI is InChI=1S/C16H22N2O2/c1-11-3-4-14(12(2)7-11)16-17-8-15(19)18(16)9-13-5-6-20-10-13/h3-4,7,13,16-17H,5-6,8-10H2,1-2H3. The van der Waals surface area contributed by atoms with Crippen LogP contribution in [0.5, 0.6) is 0 Å². The van der Waals surface area contributed by atoms with Crippen LogP contribution < -0.4 is 5.32 Å². The van der Waals surface area contributed by atoms with Crippen molar-refractivity contribution in [2.75, 3.05) is 26.3 Å². The summed E-state index contributed by atoms with van der Waals surface area (Å²) in [5.74, 6) is 0.675. The number of carbonyl (C=O) groups excluding carboxylic acids is 1. The number of hydrogen-bond donors (Lipinski definition) is 1. The van der Waals surface area contributed by atoms with Gasteiger partial charge in [0.05, 0.1) is 13.2 Å². The maximum Gasteiger partial charge on any atom is 0.238 e. The number of nitrogens with zero attached hydrogens (tertiary/aromatic N) is 1. The first-order valence-electron chi connectivity index (χ1n) is 7.33. The van der Waals surface area contributed by atoms with Gasteiger partial charge < -0.3 is 9.64 Å². The number of nitrogens with one attached hydrogen (secondary N) is 1. The Kier molecular flexibility index (Phi) is 3.76. The van der Waals surface area contributed by atoms with Crippen LogP contribution >= 0.6 is 0 Å². The molecule has 2 atom stereocenters. The zero-order valence-electron chi connectivity index (χ0n) is 12.2. The van der Waals surface area contributed by atoms with E-state index >= 15 is 0 Å². The summed E-state index contributed by atoms with van der Waals surface area (Å²) < 4.78 is 5.42. The van der Waals surface area contributed by atoms with Crippen LogP contribution in [0.4, 0.5) is 0 Å². The fourth-order valence-corrected chi connectivity index (χ4v) is 3.16. The molecule has 2 heterocycles. The molecule has 4 heteroatoms. The second-order valence-corrected chi connectivity index (χ2v) is 5.92. The van der Waals surface area contributed by atoms with Gasteiger partial charge >= 0.3 is 0 Å². The number of aryl methyl sites for hydroxylation is 2. The van der Waals surface area contributed by atoms with Gasteiger partial charge in [-0.1, -0.05) is 23.8 Å². The van der Waals surface area contributed by atoms with Crippen molar-refractivity contribution in [3.63, 3.8) is 0 Å². The highest BCUT2D eigenvalue weighted by molar-refractivity contribution is 5.81. The monoisotopic (exact) mass is 274 g/mol. The van der Waals surface area contributed by atoms with Crippen LogP contribution in [-0.4, -0.2) is 37.1 Å². The molecule has 0 radical (unpaired) electrons. The van der Waals surface area contributed by atoms with E-state index in [4.69, 9.17) is 4.74 Å². The molecule has 1 amide bonds. The number of hydrogen-bond acceptors (Lipinski definition) is 3. The molecule has 0 spiro atoms. The molecule has 1 aromatic carbocycles. The average molecular weight is 274 g/mol. The van der Waals surface area contributed by atoms with Gasteiger partial charge in [-0.25, -0.2) is 0 Å². The zero-order valence-corrected chi connectivity index (χ0v) is 12.2. The Morgan fingerprint density at radius 1 is 1.40 bits per heavy atom. The van der Waals surface area contributed by atoms with Gasteiger partial charge in [0.1, 0.15) is 6.17 Å². The van der Waals surface area contributed by atoms with E-state index in [1.165, 1.54) is 16.7 Å². The lowest BCUT2D eigenvalue weighted by molar-refractivity contribution is -0.128. The van der Waals surface area contributed by atoms with E-state index < -0.39 is 0 Å². The van der Waals surface area contributed by atoms with Gasteiger partial charge in [-0.15, -0.1) is 0 Å². The Balaban J connectivity index is 1.81. The summed E-state index contributed by atoms with van der Waals surface area (Å²) >= 11 is 0. The first-order chi connectivity index (χ1) is 9.65. The van der Waals surface area contributed by atoms with Crippen molar-refractivity contribution in [1.82, 2.24) is 10.2 Å². The molecule has 2 saturated heterocycles. The smallest absolute Gasteiger partial charge is 0.238 e. The molecular weight excluding hydrogens is 252 g/mol. The highest BCUT2D eigenvalue weighted by Gasteiger charge is 2.34. The van der Waals surface area contributed by atoms with Crippen molar-refractivity contribution >= 4 is 5.91 Å². The van der Waals surface area contributed by atoms with E-state index in [-0.39, 0.29) is 12.1 Å².